The predicted molar refractivity (Wildman–Crippen MR) is 155 cm³/mol. The van der Waals surface area contributed by atoms with Gasteiger partial charge in [-0.2, -0.15) is 4.98 Å². The summed E-state index contributed by atoms with van der Waals surface area (Å²) in [4.78, 5) is 11.6. The third-order valence-corrected chi connectivity index (χ3v) is 8.80. The number of rotatable bonds is 10. The molecule has 2 heterocycles. The Balaban J connectivity index is 1.56. The van der Waals surface area contributed by atoms with Crippen molar-refractivity contribution in [2.45, 2.75) is 57.4 Å². The Hall–Kier alpha value is -2.92. The third-order valence-electron chi connectivity index (χ3n) is 6.36. The van der Waals surface area contributed by atoms with Crippen LogP contribution in [-0.2, 0) is 21.1 Å². The summed E-state index contributed by atoms with van der Waals surface area (Å²) in [7, 11) is -3.35. The van der Waals surface area contributed by atoms with Crippen LogP contribution in [0, 0.1) is 6.92 Å². The summed E-state index contributed by atoms with van der Waals surface area (Å²) in [5.74, 6) is 1.45. The van der Waals surface area contributed by atoms with Gasteiger partial charge >= 0.3 is 0 Å². The number of morpholine rings is 1. The second kappa shape index (κ2) is 12.5. The fourth-order valence-electron chi connectivity index (χ4n) is 4.12. The van der Waals surface area contributed by atoms with E-state index in [2.05, 4.69) is 38.5 Å². The van der Waals surface area contributed by atoms with Crippen molar-refractivity contribution in [3.05, 3.63) is 58.7 Å². The Morgan fingerprint density at radius 2 is 1.77 bits per heavy atom. The van der Waals surface area contributed by atoms with Crippen LogP contribution in [-0.4, -0.2) is 60.9 Å². The highest BCUT2D eigenvalue weighted by molar-refractivity contribution is 7.92. The minimum absolute atomic E-state index is 0.0182. The first-order valence-electron chi connectivity index (χ1n) is 13.0. The Kier molecular flexibility index (Phi) is 9.32. The van der Waals surface area contributed by atoms with E-state index < -0.39 is 15.1 Å². The molecule has 11 heteroatoms. The average molecular weight is 574 g/mol. The first-order valence-corrected chi connectivity index (χ1v) is 15.0. The SMILES string of the molecule is Cc1cc(Nc2ncc(Cl)c(Nc3ccc(S(=O)(=O)C(C)C)cc3)n2)c(OC(C)C)cc1CN1CCOCC1. The number of benzene rings is 2. The van der Waals surface area contributed by atoms with Crippen LogP contribution in [0.2, 0.25) is 5.02 Å². The smallest absolute Gasteiger partial charge is 0.229 e. The summed E-state index contributed by atoms with van der Waals surface area (Å²) in [6, 6.07) is 10.6. The highest BCUT2D eigenvalue weighted by Crippen LogP contribution is 2.33. The number of nitrogens with zero attached hydrogens (tertiary/aromatic N) is 3. The van der Waals surface area contributed by atoms with E-state index in [4.69, 9.17) is 21.1 Å². The lowest BCUT2D eigenvalue weighted by molar-refractivity contribution is 0.0341. The lowest BCUT2D eigenvalue weighted by Crippen LogP contribution is -2.35. The van der Waals surface area contributed by atoms with Crippen molar-refractivity contribution in [2.24, 2.45) is 0 Å². The molecule has 0 atom stereocenters. The van der Waals surface area contributed by atoms with Crippen LogP contribution >= 0.6 is 11.6 Å². The van der Waals surface area contributed by atoms with E-state index in [0.717, 1.165) is 44.1 Å². The molecule has 2 N–H and O–H groups in total. The highest BCUT2D eigenvalue weighted by atomic mass is 35.5. The molecule has 0 bridgehead atoms. The average Bonchev–Trinajstić information content (AvgIpc) is 2.89. The molecule has 0 radical (unpaired) electrons. The van der Waals surface area contributed by atoms with Gasteiger partial charge < -0.3 is 20.1 Å². The molecule has 0 spiro atoms. The molecule has 1 fully saturated rings. The molecule has 0 amide bonds. The van der Waals surface area contributed by atoms with Crippen molar-refractivity contribution >= 4 is 44.6 Å². The highest BCUT2D eigenvalue weighted by Gasteiger charge is 2.19. The molecule has 1 aliphatic rings. The number of halogens is 1. The minimum atomic E-state index is -3.35. The van der Waals surface area contributed by atoms with Gasteiger partial charge in [0, 0.05) is 25.3 Å². The number of anilines is 4. The monoisotopic (exact) mass is 573 g/mol. The van der Waals surface area contributed by atoms with Crippen LogP contribution in [0.5, 0.6) is 5.75 Å². The van der Waals surface area contributed by atoms with Crippen LogP contribution in [0.4, 0.5) is 23.1 Å². The lowest BCUT2D eigenvalue weighted by Gasteiger charge is -2.28. The number of sulfone groups is 1. The summed E-state index contributed by atoms with van der Waals surface area (Å²) < 4.78 is 36.5. The molecule has 39 heavy (non-hydrogen) atoms. The van der Waals surface area contributed by atoms with E-state index in [1.807, 2.05) is 19.9 Å². The van der Waals surface area contributed by atoms with Gasteiger partial charge in [-0.05, 0) is 82.1 Å². The van der Waals surface area contributed by atoms with Gasteiger partial charge in [-0.1, -0.05) is 11.6 Å². The number of aryl methyl sites for hydroxylation is 1. The van der Waals surface area contributed by atoms with E-state index in [1.165, 1.54) is 11.8 Å². The van der Waals surface area contributed by atoms with E-state index in [-0.39, 0.29) is 11.0 Å². The second-order valence-corrected chi connectivity index (χ2v) is 13.0. The minimum Gasteiger partial charge on any atom is -0.489 e. The summed E-state index contributed by atoms with van der Waals surface area (Å²) >= 11 is 6.38. The van der Waals surface area contributed by atoms with Gasteiger partial charge in [-0.25, -0.2) is 13.4 Å². The summed E-state index contributed by atoms with van der Waals surface area (Å²) in [5, 5.41) is 6.27. The predicted octanol–water partition coefficient (Wildman–Crippen LogP) is 5.73. The van der Waals surface area contributed by atoms with Gasteiger partial charge in [0.05, 0.1) is 41.3 Å². The second-order valence-electron chi connectivity index (χ2n) is 10.1. The molecular weight excluding hydrogens is 538 g/mol. The molecule has 210 valence electrons. The molecule has 3 aromatic rings. The molecule has 4 rings (SSSR count). The Morgan fingerprint density at radius 3 is 2.41 bits per heavy atom. The van der Waals surface area contributed by atoms with Crippen molar-refractivity contribution in [1.82, 2.24) is 14.9 Å². The van der Waals surface area contributed by atoms with Crippen LogP contribution in [0.3, 0.4) is 0 Å². The lowest BCUT2D eigenvalue weighted by atomic mass is 10.1. The molecule has 0 aliphatic carbocycles. The van der Waals surface area contributed by atoms with E-state index >= 15 is 0 Å². The largest absolute Gasteiger partial charge is 0.489 e. The molecule has 1 aromatic heterocycles. The topological polar surface area (TPSA) is 106 Å². The Morgan fingerprint density at radius 1 is 1.08 bits per heavy atom. The number of ether oxygens (including phenoxy) is 2. The van der Waals surface area contributed by atoms with E-state index in [0.29, 0.717) is 28.2 Å². The number of hydrogen-bond acceptors (Lipinski definition) is 9. The summed E-state index contributed by atoms with van der Waals surface area (Å²) in [6.07, 6.45) is 1.50. The van der Waals surface area contributed by atoms with Gasteiger partial charge in [-0.15, -0.1) is 0 Å². The first kappa shape index (κ1) is 29.1. The molecule has 9 nitrogen and oxygen atoms in total. The van der Waals surface area contributed by atoms with Crippen LogP contribution in [0.25, 0.3) is 0 Å². The van der Waals surface area contributed by atoms with Gasteiger partial charge in [0.15, 0.2) is 15.7 Å². The molecule has 0 saturated carbocycles. The van der Waals surface area contributed by atoms with E-state index in [1.54, 1.807) is 38.1 Å². The van der Waals surface area contributed by atoms with E-state index in [9.17, 15) is 8.42 Å². The number of aromatic nitrogens is 2. The van der Waals surface area contributed by atoms with Crippen LogP contribution < -0.4 is 15.4 Å². The molecule has 1 aliphatic heterocycles. The van der Waals surface area contributed by atoms with Gasteiger partial charge in [0.1, 0.15) is 10.8 Å². The van der Waals surface area contributed by atoms with Crippen LogP contribution in [0.15, 0.2) is 47.5 Å². The van der Waals surface area contributed by atoms with Crippen molar-refractivity contribution < 1.29 is 17.9 Å². The third kappa shape index (κ3) is 7.39. The summed E-state index contributed by atoms with van der Waals surface area (Å²) in [6.45, 7) is 13.5. The number of hydrogen-bond donors (Lipinski definition) is 2. The zero-order chi connectivity index (χ0) is 28.2. The molecule has 1 saturated heterocycles. The van der Waals surface area contributed by atoms with Crippen molar-refractivity contribution in [2.75, 3.05) is 36.9 Å². The van der Waals surface area contributed by atoms with Crippen LogP contribution in [0.1, 0.15) is 38.8 Å². The molecular formula is C28H36ClN5O4S. The van der Waals surface area contributed by atoms with Crippen molar-refractivity contribution in [1.29, 1.82) is 0 Å². The molecule has 0 unspecified atom stereocenters. The fourth-order valence-corrected chi connectivity index (χ4v) is 5.32. The zero-order valence-electron chi connectivity index (χ0n) is 23.0. The quantitative estimate of drug-likeness (QED) is 0.314. The van der Waals surface area contributed by atoms with Crippen molar-refractivity contribution in [3.8, 4) is 5.75 Å². The van der Waals surface area contributed by atoms with Gasteiger partial charge in [0.2, 0.25) is 5.95 Å². The maximum absolute atomic E-state index is 12.4. The van der Waals surface area contributed by atoms with Crippen molar-refractivity contribution in [3.63, 3.8) is 0 Å². The standard InChI is InChI=1S/C28H36ClN5O4S/c1-18(2)38-26-15-21(17-34-10-12-37-13-11-34)20(5)14-25(26)32-28-30-16-24(29)27(33-28)31-22-6-8-23(9-7-22)39(35,36)19(3)4/h6-9,14-16,18-19H,10-13,17H2,1-5H3,(H2,30,31,32,33). The Bertz CT molecular complexity index is 1390. The Labute approximate surface area is 235 Å². The zero-order valence-corrected chi connectivity index (χ0v) is 24.6. The van der Waals surface area contributed by atoms with Gasteiger partial charge in [-0.3, -0.25) is 4.90 Å². The maximum Gasteiger partial charge on any atom is 0.229 e. The maximum atomic E-state index is 12.4. The van der Waals surface area contributed by atoms with Gasteiger partial charge in [0.25, 0.3) is 0 Å². The fraction of sp³-hybridized carbons (Fsp3) is 0.429. The molecule has 2 aromatic carbocycles. The summed E-state index contributed by atoms with van der Waals surface area (Å²) in [5.41, 5.74) is 3.73. The first-order chi connectivity index (χ1) is 18.5. The number of nitrogens with one attached hydrogen (secondary N) is 2. The normalized spacial score (nSPS) is 14.6.